The summed E-state index contributed by atoms with van der Waals surface area (Å²) >= 11 is 0. The third-order valence-electron chi connectivity index (χ3n) is 5.59. The minimum absolute atomic E-state index is 0.105. The SMILES string of the molecule is COc1cc2c(cc1OC)C(Cc1ccc(NC(=O)Nc3ccc(F)c([N+](=O)[O-])c3)cc1)=NCC2. The van der Waals surface area contributed by atoms with Gasteiger partial charge in [0.1, 0.15) is 0 Å². The van der Waals surface area contributed by atoms with Crippen LogP contribution in [-0.4, -0.2) is 37.4 Å². The molecule has 0 unspecified atom stereocenters. The van der Waals surface area contributed by atoms with Gasteiger partial charge in [0.05, 0.1) is 19.1 Å². The predicted octanol–water partition coefficient (Wildman–Crippen LogP) is 4.98. The van der Waals surface area contributed by atoms with Gasteiger partial charge >= 0.3 is 11.7 Å². The average Bonchev–Trinajstić information content (AvgIpc) is 2.85. The molecule has 0 saturated carbocycles. The number of urea groups is 1. The van der Waals surface area contributed by atoms with Crippen molar-refractivity contribution in [3.8, 4) is 11.5 Å². The molecule has 3 aromatic carbocycles. The first-order chi connectivity index (χ1) is 16.9. The second-order valence-electron chi connectivity index (χ2n) is 7.82. The minimum Gasteiger partial charge on any atom is -0.493 e. The third kappa shape index (κ3) is 5.37. The van der Waals surface area contributed by atoms with Crippen LogP contribution in [0.25, 0.3) is 0 Å². The number of rotatable bonds is 7. The van der Waals surface area contributed by atoms with Crippen LogP contribution < -0.4 is 20.1 Å². The van der Waals surface area contributed by atoms with Gasteiger partial charge in [-0.15, -0.1) is 0 Å². The van der Waals surface area contributed by atoms with Crippen LogP contribution in [0.2, 0.25) is 0 Å². The van der Waals surface area contributed by atoms with Gasteiger partial charge in [-0.05, 0) is 53.9 Å². The highest BCUT2D eigenvalue weighted by Crippen LogP contribution is 2.33. The number of nitrogens with zero attached hydrogens (tertiary/aromatic N) is 2. The summed E-state index contributed by atoms with van der Waals surface area (Å²) in [5.41, 5.74) is 4.06. The van der Waals surface area contributed by atoms with Crippen molar-refractivity contribution in [2.45, 2.75) is 12.8 Å². The van der Waals surface area contributed by atoms with E-state index in [1.807, 2.05) is 24.3 Å². The second kappa shape index (κ2) is 10.2. The van der Waals surface area contributed by atoms with Crippen molar-refractivity contribution < 1.29 is 23.6 Å². The molecule has 35 heavy (non-hydrogen) atoms. The van der Waals surface area contributed by atoms with Gasteiger partial charge in [0.25, 0.3) is 0 Å². The number of benzene rings is 3. The summed E-state index contributed by atoms with van der Waals surface area (Å²) < 4.78 is 24.3. The maximum atomic E-state index is 13.5. The number of hydrogen-bond acceptors (Lipinski definition) is 6. The number of aliphatic imine (C=N–C) groups is 1. The van der Waals surface area contributed by atoms with Crippen LogP contribution in [0.4, 0.5) is 26.2 Å². The highest BCUT2D eigenvalue weighted by Gasteiger charge is 2.19. The van der Waals surface area contributed by atoms with E-state index in [9.17, 15) is 19.3 Å². The molecule has 9 nitrogen and oxygen atoms in total. The number of nitro benzene ring substituents is 1. The summed E-state index contributed by atoms with van der Waals surface area (Å²) in [6, 6.07) is 13.7. The molecule has 0 saturated heterocycles. The molecule has 0 aliphatic carbocycles. The molecule has 0 aromatic heterocycles. The highest BCUT2D eigenvalue weighted by molar-refractivity contribution is 6.04. The topological polar surface area (TPSA) is 115 Å². The van der Waals surface area contributed by atoms with E-state index in [0.717, 1.165) is 41.0 Å². The zero-order valence-electron chi connectivity index (χ0n) is 19.1. The van der Waals surface area contributed by atoms with E-state index in [0.29, 0.717) is 30.2 Å². The molecule has 180 valence electrons. The third-order valence-corrected chi connectivity index (χ3v) is 5.59. The fourth-order valence-corrected chi connectivity index (χ4v) is 3.87. The monoisotopic (exact) mass is 478 g/mol. The Hall–Kier alpha value is -4.47. The standard InChI is InChI=1S/C25H23FN4O5/c1-34-23-12-16-9-10-27-21(19(16)14-24(23)35-2)11-15-3-5-17(6-4-15)28-25(31)29-18-7-8-20(26)22(13-18)30(32)33/h3-8,12-14H,9-11H2,1-2H3,(H2,28,29,31). The summed E-state index contributed by atoms with van der Waals surface area (Å²) in [4.78, 5) is 27.0. The van der Waals surface area contributed by atoms with Gasteiger partial charge in [-0.1, -0.05) is 12.1 Å². The number of nitro groups is 1. The van der Waals surface area contributed by atoms with Crippen molar-refractivity contribution in [1.82, 2.24) is 0 Å². The Morgan fingerprint density at radius 1 is 1.03 bits per heavy atom. The summed E-state index contributed by atoms with van der Waals surface area (Å²) in [5, 5.41) is 16.0. The van der Waals surface area contributed by atoms with Crippen molar-refractivity contribution in [3.63, 3.8) is 0 Å². The normalized spacial score (nSPS) is 12.3. The second-order valence-corrected chi connectivity index (χ2v) is 7.82. The summed E-state index contributed by atoms with van der Waals surface area (Å²) in [5.74, 6) is 0.369. The van der Waals surface area contributed by atoms with Crippen LogP contribution >= 0.6 is 0 Å². The first-order valence-electron chi connectivity index (χ1n) is 10.8. The Kier molecular flexibility index (Phi) is 6.91. The molecule has 0 spiro atoms. The number of amides is 2. The maximum absolute atomic E-state index is 13.5. The van der Waals surface area contributed by atoms with E-state index in [1.54, 1.807) is 26.4 Å². The molecular weight excluding hydrogens is 455 g/mol. The quantitative estimate of drug-likeness (QED) is 0.367. The number of carbonyl (C=O) groups excluding carboxylic acids is 1. The number of ether oxygens (including phenoxy) is 2. The molecule has 0 radical (unpaired) electrons. The van der Waals surface area contributed by atoms with Gasteiger partial charge in [0.2, 0.25) is 5.82 Å². The molecular formula is C25H23FN4O5. The lowest BCUT2D eigenvalue weighted by Gasteiger charge is -2.20. The van der Waals surface area contributed by atoms with Gasteiger partial charge in [-0.3, -0.25) is 15.1 Å². The Balaban J connectivity index is 1.42. The molecule has 4 rings (SSSR count). The molecule has 0 bridgehead atoms. The van der Waals surface area contributed by atoms with Crippen LogP contribution in [0.1, 0.15) is 16.7 Å². The highest BCUT2D eigenvalue weighted by atomic mass is 19.1. The van der Waals surface area contributed by atoms with Crippen LogP contribution in [-0.2, 0) is 12.8 Å². The van der Waals surface area contributed by atoms with Crippen LogP contribution in [0.3, 0.4) is 0 Å². The largest absolute Gasteiger partial charge is 0.493 e. The van der Waals surface area contributed by atoms with E-state index in [1.165, 1.54) is 6.07 Å². The van der Waals surface area contributed by atoms with Crippen molar-refractivity contribution >= 4 is 28.8 Å². The van der Waals surface area contributed by atoms with Crippen molar-refractivity contribution in [2.75, 3.05) is 31.4 Å². The van der Waals surface area contributed by atoms with E-state index < -0.39 is 22.5 Å². The molecule has 1 aliphatic heterocycles. The molecule has 0 atom stereocenters. The molecule has 10 heteroatoms. The fourth-order valence-electron chi connectivity index (χ4n) is 3.87. The van der Waals surface area contributed by atoms with E-state index in [-0.39, 0.29) is 5.69 Å². The number of anilines is 2. The van der Waals surface area contributed by atoms with Crippen molar-refractivity contribution in [2.24, 2.45) is 4.99 Å². The fraction of sp³-hybridized carbons (Fsp3) is 0.200. The molecule has 0 fully saturated rings. The average molecular weight is 478 g/mol. The molecule has 1 aliphatic rings. The Morgan fingerprint density at radius 2 is 1.69 bits per heavy atom. The molecule has 2 N–H and O–H groups in total. The lowest BCUT2D eigenvalue weighted by molar-refractivity contribution is -0.387. The Bertz CT molecular complexity index is 1310. The van der Waals surface area contributed by atoms with Crippen molar-refractivity contribution in [3.05, 3.63) is 87.2 Å². The first kappa shape index (κ1) is 23.7. The van der Waals surface area contributed by atoms with Gasteiger partial charge in [-0.2, -0.15) is 4.39 Å². The zero-order chi connectivity index (χ0) is 24.9. The van der Waals surface area contributed by atoms with Crippen molar-refractivity contribution in [1.29, 1.82) is 0 Å². The smallest absolute Gasteiger partial charge is 0.323 e. The first-order valence-corrected chi connectivity index (χ1v) is 10.8. The van der Waals surface area contributed by atoms with E-state index in [2.05, 4.69) is 10.6 Å². The maximum Gasteiger partial charge on any atom is 0.323 e. The number of nitrogens with one attached hydrogen (secondary N) is 2. The van der Waals surface area contributed by atoms with Gasteiger partial charge in [0, 0.05) is 41.7 Å². The van der Waals surface area contributed by atoms with E-state index in [4.69, 9.17) is 14.5 Å². The molecule has 3 aromatic rings. The minimum atomic E-state index is -0.973. The summed E-state index contributed by atoms with van der Waals surface area (Å²) in [6.45, 7) is 0.694. The number of hydrogen-bond donors (Lipinski definition) is 2. The lowest BCUT2D eigenvalue weighted by atomic mass is 9.93. The van der Waals surface area contributed by atoms with Gasteiger partial charge in [-0.25, -0.2) is 4.79 Å². The Labute approximate surface area is 200 Å². The number of fused-ring (bicyclic) bond motifs is 1. The van der Waals surface area contributed by atoms with Gasteiger partial charge in [0.15, 0.2) is 11.5 Å². The van der Waals surface area contributed by atoms with E-state index >= 15 is 0 Å². The number of carbonyl (C=O) groups is 1. The summed E-state index contributed by atoms with van der Waals surface area (Å²) in [7, 11) is 3.21. The molecule has 2 amide bonds. The number of halogens is 1. The zero-order valence-corrected chi connectivity index (χ0v) is 19.1. The lowest BCUT2D eigenvalue weighted by Crippen LogP contribution is -2.19. The van der Waals surface area contributed by atoms with Crippen LogP contribution in [0, 0.1) is 15.9 Å². The summed E-state index contributed by atoms with van der Waals surface area (Å²) in [6.07, 6.45) is 1.43. The van der Waals surface area contributed by atoms with Gasteiger partial charge < -0.3 is 20.1 Å². The number of methoxy groups -OCH3 is 2. The predicted molar refractivity (Wildman–Crippen MR) is 130 cm³/mol. The molecule has 1 heterocycles. The van der Waals surface area contributed by atoms with Crippen LogP contribution in [0.15, 0.2) is 59.6 Å². The Morgan fingerprint density at radius 3 is 2.37 bits per heavy atom. The van der Waals surface area contributed by atoms with Crippen LogP contribution in [0.5, 0.6) is 11.5 Å².